The van der Waals surface area contributed by atoms with Gasteiger partial charge in [-0.2, -0.15) is 0 Å². The van der Waals surface area contributed by atoms with Gasteiger partial charge in [0.1, 0.15) is 0 Å². The number of rotatable bonds is 1. The SMILES string of the molecule is Cc1ccc2c(c1)c1cc(C)cc3c1n2-c1ccc(C2=C4C=CC=C4C=C2)cc1C3(C)C. The van der Waals surface area contributed by atoms with Crippen LogP contribution in [-0.4, -0.2) is 4.57 Å². The number of benzene rings is 3. The highest BCUT2D eigenvalue weighted by Gasteiger charge is 2.36. The molecule has 3 aliphatic rings. The molecule has 1 aromatic heterocycles. The van der Waals surface area contributed by atoms with Crippen molar-refractivity contribution in [2.24, 2.45) is 0 Å². The number of allylic oxidation sites excluding steroid dienone is 8. The number of hydrogen-bond acceptors (Lipinski definition) is 0. The highest BCUT2D eigenvalue weighted by molar-refractivity contribution is 6.12. The molecule has 4 aromatic rings. The van der Waals surface area contributed by atoms with Gasteiger partial charge < -0.3 is 4.57 Å². The van der Waals surface area contributed by atoms with Crippen molar-refractivity contribution in [1.82, 2.24) is 4.57 Å². The molecule has 0 radical (unpaired) electrons. The van der Waals surface area contributed by atoms with Crippen molar-refractivity contribution in [1.29, 1.82) is 0 Å². The van der Waals surface area contributed by atoms with Crippen molar-refractivity contribution in [3.05, 3.63) is 118 Å². The average molecular weight is 412 g/mol. The third-order valence-electron chi connectivity index (χ3n) is 7.63. The summed E-state index contributed by atoms with van der Waals surface area (Å²) in [6, 6.07) is 18.7. The van der Waals surface area contributed by atoms with Crippen LogP contribution in [0.5, 0.6) is 0 Å². The molecule has 32 heavy (non-hydrogen) atoms. The molecule has 0 saturated carbocycles. The molecule has 0 unspecified atom stereocenters. The Morgan fingerprint density at radius 2 is 1.56 bits per heavy atom. The minimum absolute atomic E-state index is 0.0766. The van der Waals surface area contributed by atoms with Crippen LogP contribution >= 0.6 is 0 Å². The molecule has 2 aliphatic carbocycles. The molecule has 1 aliphatic heterocycles. The Morgan fingerprint density at radius 3 is 2.44 bits per heavy atom. The Hall–Kier alpha value is -3.58. The lowest BCUT2D eigenvalue weighted by atomic mass is 9.73. The Balaban J connectivity index is 1.60. The molecule has 0 bridgehead atoms. The lowest BCUT2D eigenvalue weighted by Crippen LogP contribution is -2.26. The second-order valence-corrected chi connectivity index (χ2v) is 10.1. The van der Waals surface area contributed by atoms with Crippen LogP contribution in [0.3, 0.4) is 0 Å². The molecular weight excluding hydrogens is 386 g/mol. The van der Waals surface area contributed by atoms with Gasteiger partial charge in [0, 0.05) is 16.2 Å². The summed E-state index contributed by atoms with van der Waals surface area (Å²) in [7, 11) is 0. The van der Waals surface area contributed by atoms with Crippen LogP contribution in [0.1, 0.15) is 41.7 Å². The lowest BCUT2D eigenvalue weighted by molar-refractivity contribution is 0.629. The summed E-state index contributed by atoms with van der Waals surface area (Å²) in [5.74, 6) is 0. The Bertz CT molecular complexity index is 1640. The van der Waals surface area contributed by atoms with Crippen LogP contribution in [-0.2, 0) is 5.41 Å². The van der Waals surface area contributed by atoms with E-state index in [4.69, 9.17) is 0 Å². The fourth-order valence-electron chi connectivity index (χ4n) is 6.02. The molecule has 1 heteroatoms. The molecule has 0 saturated heterocycles. The summed E-state index contributed by atoms with van der Waals surface area (Å²) in [5.41, 5.74) is 14.7. The summed E-state index contributed by atoms with van der Waals surface area (Å²) >= 11 is 0. The summed E-state index contributed by atoms with van der Waals surface area (Å²) in [4.78, 5) is 0. The maximum atomic E-state index is 2.51. The first-order valence-electron chi connectivity index (χ1n) is 11.5. The van der Waals surface area contributed by atoms with Crippen molar-refractivity contribution >= 4 is 27.4 Å². The van der Waals surface area contributed by atoms with Crippen molar-refractivity contribution in [3.63, 3.8) is 0 Å². The van der Waals surface area contributed by atoms with E-state index < -0.39 is 0 Å². The number of hydrogen-bond donors (Lipinski definition) is 0. The van der Waals surface area contributed by atoms with E-state index in [0.717, 1.165) is 0 Å². The molecule has 0 fully saturated rings. The van der Waals surface area contributed by atoms with E-state index in [-0.39, 0.29) is 5.41 Å². The maximum absolute atomic E-state index is 2.51. The Labute approximate surface area is 188 Å². The zero-order valence-corrected chi connectivity index (χ0v) is 19.0. The molecule has 7 rings (SSSR count). The summed E-state index contributed by atoms with van der Waals surface area (Å²) in [5, 5.41) is 2.73. The molecule has 154 valence electrons. The fourth-order valence-corrected chi connectivity index (χ4v) is 6.02. The van der Waals surface area contributed by atoms with E-state index in [0.29, 0.717) is 0 Å². The van der Waals surface area contributed by atoms with E-state index in [1.807, 2.05) is 0 Å². The van der Waals surface area contributed by atoms with Crippen LogP contribution in [0.25, 0.3) is 33.1 Å². The molecule has 1 nitrogen and oxygen atoms in total. The third kappa shape index (κ3) is 2.14. The molecule has 0 spiro atoms. The smallest absolute Gasteiger partial charge is 0.0582 e. The van der Waals surface area contributed by atoms with E-state index in [2.05, 4.69) is 111 Å². The average Bonchev–Trinajstić information content (AvgIpc) is 3.45. The number of nitrogens with zero attached hydrogens (tertiary/aromatic N) is 1. The molecule has 2 heterocycles. The van der Waals surface area contributed by atoms with Gasteiger partial charge in [-0.1, -0.05) is 73.6 Å². The predicted molar refractivity (Wildman–Crippen MR) is 136 cm³/mol. The van der Waals surface area contributed by atoms with Gasteiger partial charge >= 0.3 is 0 Å². The minimum Gasteiger partial charge on any atom is -0.309 e. The standard InChI is InChI=1S/C31H25N/c1-18-8-12-28-24(14-18)25-15-19(2)16-27-30(25)32(28)29-13-10-21(17-26(29)31(27,3)4)23-11-9-20-6-5-7-22(20)23/h5-17H,1-4H3. The number of fused-ring (bicyclic) bond motifs is 6. The Kier molecular flexibility index (Phi) is 3.27. The number of aromatic nitrogens is 1. The highest BCUT2D eigenvalue weighted by Crippen LogP contribution is 2.49. The van der Waals surface area contributed by atoms with Gasteiger partial charge in [-0.05, 0) is 77.6 Å². The van der Waals surface area contributed by atoms with E-state index >= 15 is 0 Å². The van der Waals surface area contributed by atoms with Crippen LogP contribution < -0.4 is 0 Å². The molecule has 3 aromatic carbocycles. The second-order valence-electron chi connectivity index (χ2n) is 10.1. The van der Waals surface area contributed by atoms with Gasteiger partial charge in [-0.3, -0.25) is 0 Å². The third-order valence-corrected chi connectivity index (χ3v) is 7.63. The van der Waals surface area contributed by atoms with E-state index in [1.54, 1.807) is 0 Å². The fraction of sp³-hybridized carbons (Fsp3) is 0.161. The first-order chi connectivity index (χ1) is 15.4. The van der Waals surface area contributed by atoms with Crippen LogP contribution in [0, 0.1) is 13.8 Å². The first-order valence-corrected chi connectivity index (χ1v) is 11.5. The van der Waals surface area contributed by atoms with Crippen molar-refractivity contribution in [2.45, 2.75) is 33.1 Å². The maximum Gasteiger partial charge on any atom is 0.0582 e. The van der Waals surface area contributed by atoms with Crippen LogP contribution in [0.4, 0.5) is 0 Å². The zero-order valence-electron chi connectivity index (χ0n) is 19.0. The lowest BCUT2D eigenvalue weighted by Gasteiger charge is -2.35. The van der Waals surface area contributed by atoms with Crippen LogP contribution in [0.2, 0.25) is 0 Å². The summed E-state index contributed by atoms with van der Waals surface area (Å²) in [6.45, 7) is 9.19. The van der Waals surface area contributed by atoms with Gasteiger partial charge in [-0.15, -0.1) is 0 Å². The molecular formula is C31H25N. The minimum atomic E-state index is -0.0766. The summed E-state index contributed by atoms with van der Waals surface area (Å²) in [6.07, 6.45) is 11.1. The van der Waals surface area contributed by atoms with E-state index in [1.165, 1.54) is 72.0 Å². The van der Waals surface area contributed by atoms with Gasteiger partial charge in [0.25, 0.3) is 0 Å². The van der Waals surface area contributed by atoms with E-state index in [9.17, 15) is 0 Å². The van der Waals surface area contributed by atoms with Gasteiger partial charge in [-0.25, -0.2) is 0 Å². The highest BCUT2D eigenvalue weighted by atomic mass is 15.0. The van der Waals surface area contributed by atoms with Gasteiger partial charge in [0.2, 0.25) is 0 Å². The first kappa shape index (κ1) is 18.0. The van der Waals surface area contributed by atoms with Crippen molar-refractivity contribution in [3.8, 4) is 5.69 Å². The zero-order chi connectivity index (χ0) is 21.8. The Morgan fingerprint density at radius 1 is 0.719 bits per heavy atom. The number of aryl methyl sites for hydroxylation is 2. The quantitative estimate of drug-likeness (QED) is 0.300. The van der Waals surface area contributed by atoms with Gasteiger partial charge in [0.15, 0.2) is 0 Å². The summed E-state index contributed by atoms with van der Waals surface area (Å²) < 4.78 is 2.51. The molecule has 0 atom stereocenters. The largest absolute Gasteiger partial charge is 0.309 e. The monoisotopic (exact) mass is 411 g/mol. The van der Waals surface area contributed by atoms with Crippen molar-refractivity contribution in [2.75, 3.05) is 0 Å². The molecule has 0 N–H and O–H groups in total. The van der Waals surface area contributed by atoms with Gasteiger partial charge in [0.05, 0.1) is 16.7 Å². The molecule has 0 amide bonds. The topological polar surface area (TPSA) is 4.93 Å². The normalized spacial score (nSPS) is 17.4. The van der Waals surface area contributed by atoms with Crippen molar-refractivity contribution < 1.29 is 0 Å². The van der Waals surface area contributed by atoms with Crippen LogP contribution in [0.15, 0.2) is 90.1 Å². The predicted octanol–water partition coefficient (Wildman–Crippen LogP) is 7.86. The second kappa shape index (κ2) is 5.81.